The third-order valence-corrected chi connectivity index (χ3v) is 7.64. The molecule has 0 spiro atoms. The van der Waals surface area contributed by atoms with Crippen LogP contribution in [0.1, 0.15) is 47.1 Å². The minimum absolute atomic E-state index is 0.444. The number of hydrogen-bond donors (Lipinski definition) is 1. The van der Waals surface area contributed by atoms with Crippen molar-refractivity contribution >= 4 is 15.7 Å². The van der Waals surface area contributed by atoms with Crippen molar-refractivity contribution in [3.05, 3.63) is 58.1 Å². The van der Waals surface area contributed by atoms with Gasteiger partial charge in [0.15, 0.2) is 0 Å². The zero-order chi connectivity index (χ0) is 20.3. The largest absolute Gasteiger partial charge is 0.372 e. The second-order valence-corrected chi connectivity index (χ2v) is 9.66. The molecule has 2 aromatic rings. The van der Waals surface area contributed by atoms with E-state index in [1.165, 1.54) is 24.1 Å². The molecule has 2 aromatic carbocycles. The summed E-state index contributed by atoms with van der Waals surface area (Å²) in [5, 5.41) is 0. The van der Waals surface area contributed by atoms with Crippen molar-refractivity contribution < 1.29 is 8.42 Å². The van der Waals surface area contributed by atoms with Gasteiger partial charge in [0, 0.05) is 25.3 Å². The number of benzene rings is 2. The Hall–Kier alpha value is -1.85. The monoisotopic (exact) mass is 400 g/mol. The highest BCUT2D eigenvalue weighted by molar-refractivity contribution is 7.89. The van der Waals surface area contributed by atoms with E-state index in [4.69, 9.17) is 0 Å². The maximum absolute atomic E-state index is 12.9. The first-order valence-electron chi connectivity index (χ1n) is 10.2. The van der Waals surface area contributed by atoms with Crippen LogP contribution in [-0.2, 0) is 16.4 Å². The number of nitrogens with one attached hydrogen (secondary N) is 1. The molecular weight excluding hydrogens is 368 g/mol. The summed E-state index contributed by atoms with van der Waals surface area (Å²) in [6, 6.07) is 10.8. The lowest BCUT2D eigenvalue weighted by Gasteiger charge is -2.18. The average molecular weight is 401 g/mol. The summed E-state index contributed by atoms with van der Waals surface area (Å²) < 4.78 is 28.5. The molecule has 0 bridgehead atoms. The van der Waals surface area contributed by atoms with Gasteiger partial charge in [-0.1, -0.05) is 18.2 Å². The zero-order valence-electron chi connectivity index (χ0n) is 17.5. The lowest BCUT2D eigenvalue weighted by molar-refractivity contribution is 0.577. The summed E-state index contributed by atoms with van der Waals surface area (Å²) in [6.45, 7) is 10.5. The van der Waals surface area contributed by atoms with Crippen molar-refractivity contribution in [2.45, 2.75) is 58.3 Å². The van der Waals surface area contributed by atoms with Crippen LogP contribution in [0, 0.1) is 27.7 Å². The molecule has 1 saturated heterocycles. The molecule has 0 aromatic heterocycles. The minimum Gasteiger partial charge on any atom is -0.372 e. The number of rotatable bonds is 7. The minimum atomic E-state index is -3.50. The van der Waals surface area contributed by atoms with E-state index < -0.39 is 10.0 Å². The van der Waals surface area contributed by atoms with Crippen LogP contribution in [0.4, 0.5) is 5.69 Å². The number of nitrogens with zero attached hydrogens (tertiary/aromatic N) is 1. The van der Waals surface area contributed by atoms with Crippen molar-refractivity contribution in [3.63, 3.8) is 0 Å². The molecule has 1 fully saturated rings. The molecule has 3 rings (SSSR count). The summed E-state index contributed by atoms with van der Waals surface area (Å²) in [5.41, 5.74) is 6.26. The normalized spacial score (nSPS) is 14.6. The SMILES string of the molecule is Cc1cc(C)c(C)c(S(=O)(=O)NCCCc2ccc(N3CCCC3)cc2)c1C. The van der Waals surface area contributed by atoms with E-state index in [-0.39, 0.29) is 0 Å². The van der Waals surface area contributed by atoms with E-state index >= 15 is 0 Å². The lowest BCUT2D eigenvalue weighted by Crippen LogP contribution is -2.27. The lowest BCUT2D eigenvalue weighted by atomic mass is 10.0. The zero-order valence-corrected chi connectivity index (χ0v) is 18.3. The first-order valence-corrected chi connectivity index (χ1v) is 11.7. The molecule has 4 nitrogen and oxygen atoms in total. The van der Waals surface area contributed by atoms with Crippen LogP contribution in [0.2, 0.25) is 0 Å². The van der Waals surface area contributed by atoms with Crippen LogP contribution in [0.3, 0.4) is 0 Å². The van der Waals surface area contributed by atoms with Crippen molar-refractivity contribution in [1.82, 2.24) is 4.72 Å². The van der Waals surface area contributed by atoms with Crippen molar-refractivity contribution in [2.75, 3.05) is 24.5 Å². The fraction of sp³-hybridized carbons (Fsp3) is 0.478. The van der Waals surface area contributed by atoms with Gasteiger partial charge in [-0.2, -0.15) is 0 Å². The van der Waals surface area contributed by atoms with E-state index in [2.05, 4.69) is 40.0 Å². The highest BCUT2D eigenvalue weighted by Gasteiger charge is 2.21. The van der Waals surface area contributed by atoms with Crippen LogP contribution >= 0.6 is 0 Å². The van der Waals surface area contributed by atoms with Crippen LogP contribution in [0.5, 0.6) is 0 Å². The highest BCUT2D eigenvalue weighted by Crippen LogP contribution is 2.26. The Labute approximate surface area is 170 Å². The summed E-state index contributed by atoms with van der Waals surface area (Å²) in [5.74, 6) is 0. The van der Waals surface area contributed by atoms with Gasteiger partial charge in [-0.3, -0.25) is 0 Å². The standard InChI is InChI=1S/C23H32N2O2S/c1-17-16-18(2)20(4)23(19(17)3)28(26,27)24-13-7-8-21-9-11-22(12-10-21)25-14-5-6-15-25/h9-12,16,24H,5-8,13-15H2,1-4H3. The molecule has 1 N–H and O–H groups in total. The van der Waals surface area contributed by atoms with Gasteiger partial charge in [0.25, 0.3) is 0 Å². The Morgan fingerprint density at radius 1 is 0.929 bits per heavy atom. The molecule has 0 amide bonds. The average Bonchev–Trinajstić information content (AvgIpc) is 3.19. The molecule has 1 heterocycles. The number of hydrogen-bond acceptors (Lipinski definition) is 3. The van der Waals surface area contributed by atoms with E-state index in [0.29, 0.717) is 11.4 Å². The summed E-state index contributed by atoms with van der Waals surface area (Å²) >= 11 is 0. The summed E-state index contributed by atoms with van der Waals surface area (Å²) in [6.07, 6.45) is 4.21. The molecule has 1 aliphatic rings. The summed E-state index contributed by atoms with van der Waals surface area (Å²) in [7, 11) is -3.50. The Morgan fingerprint density at radius 3 is 2.07 bits per heavy atom. The molecule has 0 aliphatic carbocycles. The van der Waals surface area contributed by atoms with Crippen molar-refractivity contribution in [2.24, 2.45) is 0 Å². The van der Waals surface area contributed by atoms with Crippen molar-refractivity contribution in [1.29, 1.82) is 0 Å². The molecule has 28 heavy (non-hydrogen) atoms. The number of anilines is 1. The van der Waals surface area contributed by atoms with Gasteiger partial charge in [-0.05, 0) is 93.3 Å². The summed E-state index contributed by atoms with van der Waals surface area (Å²) in [4.78, 5) is 2.87. The first-order chi connectivity index (χ1) is 13.3. The molecule has 0 saturated carbocycles. The first kappa shape index (κ1) is 20.9. The van der Waals surface area contributed by atoms with E-state index in [9.17, 15) is 8.42 Å². The Balaban J connectivity index is 1.57. The third-order valence-electron chi connectivity index (χ3n) is 5.91. The Morgan fingerprint density at radius 2 is 1.50 bits per heavy atom. The Kier molecular flexibility index (Phi) is 6.46. The molecule has 5 heteroatoms. The smallest absolute Gasteiger partial charge is 0.241 e. The molecule has 0 unspecified atom stereocenters. The van der Waals surface area contributed by atoms with Crippen LogP contribution < -0.4 is 9.62 Å². The predicted molar refractivity (Wildman–Crippen MR) is 117 cm³/mol. The fourth-order valence-corrected chi connectivity index (χ4v) is 5.69. The predicted octanol–water partition coefficient (Wildman–Crippen LogP) is 4.43. The second-order valence-electron chi connectivity index (χ2n) is 7.95. The third kappa shape index (κ3) is 4.58. The molecule has 152 valence electrons. The molecular formula is C23H32N2O2S. The maximum atomic E-state index is 12.9. The Bertz CT molecular complexity index is 902. The number of aryl methyl sites for hydroxylation is 3. The van der Waals surface area contributed by atoms with Crippen LogP contribution in [0.15, 0.2) is 35.2 Å². The maximum Gasteiger partial charge on any atom is 0.241 e. The molecule has 0 atom stereocenters. The van der Waals surface area contributed by atoms with Gasteiger partial charge in [-0.15, -0.1) is 0 Å². The van der Waals surface area contributed by atoms with Gasteiger partial charge in [-0.25, -0.2) is 13.1 Å². The van der Waals surface area contributed by atoms with Gasteiger partial charge < -0.3 is 4.90 Å². The van der Waals surface area contributed by atoms with Crippen LogP contribution in [0.25, 0.3) is 0 Å². The van der Waals surface area contributed by atoms with E-state index in [0.717, 1.165) is 48.2 Å². The topological polar surface area (TPSA) is 49.4 Å². The number of sulfonamides is 1. The van der Waals surface area contributed by atoms with Gasteiger partial charge in [0.1, 0.15) is 0 Å². The molecule has 0 radical (unpaired) electrons. The highest BCUT2D eigenvalue weighted by atomic mass is 32.2. The van der Waals surface area contributed by atoms with E-state index in [1.807, 2.05) is 27.7 Å². The molecule has 1 aliphatic heterocycles. The fourth-order valence-electron chi connectivity index (χ4n) is 4.00. The van der Waals surface area contributed by atoms with Gasteiger partial charge >= 0.3 is 0 Å². The van der Waals surface area contributed by atoms with Gasteiger partial charge in [0.2, 0.25) is 10.0 Å². The quantitative estimate of drug-likeness (QED) is 0.700. The van der Waals surface area contributed by atoms with Crippen molar-refractivity contribution in [3.8, 4) is 0 Å². The van der Waals surface area contributed by atoms with E-state index in [1.54, 1.807) is 0 Å². The second kappa shape index (κ2) is 8.66. The van der Waals surface area contributed by atoms with Crippen LogP contribution in [-0.4, -0.2) is 28.1 Å². The van der Waals surface area contributed by atoms with Gasteiger partial charge in [0.05, 0.1) is 4.90 Å².